The van der Waals surface area contributed by atoms with Crippen molar-refractivity contribution >= 4 is 5.96 Å². The lowest BCUT2D eigenvalue weighted by atomic mass is 10.1. The van der Waals surface area contributed by atoms with E-state index < -0.39 is 0 Å². The normalized spacial score (nSPS) is 17.9. The van der Waals surface area contributed by atoms with Crippen LogP contribution in [0.5, 0.6) is 0 Å². The van der Waals surface area contributed by atoms with Gasteiger partial charge in [0.1, 0.15) is 5.76 Å². The zero-order valence-electron chi connectivity index (χ0n) is 14.1. The van der Waals surface area contributed by atoms with Gasteiger partial charge < -0.3 is 15.1 Å². The van der Waals surface area contributed by atoms with Crippen molar-refractivity contribution in [2.24, 2.45) is 10.9 Å². The lowest BCUT2D eigenvalue weighted by molar-refractivity contribution is 0.215. The number of rotatable bonds is 7. The molecule has 1 aliphatic heterocycles. The zero-order valence-corrected chi connectivity index (χ0v) is 14.1. The van der Waals surface area contributed by atoms with E-state index in [1.165, 1.54) is 12.8 Å². The third-order valence-electron chi connectivity index (χ3n) is 4.15. The number of nitrogens with one attached hydrogen (secondary N) is 2. The summed E-state index contributed by atoms with van der Waals surface area (Å²) in [6.45, 7) is 8.52. The van der Waals surface area contributed by atoms with Gasteiger partial charge in [0.25, 0.3) is 0 Å². The summed E-state index contributed by atoms with van der Waals surface area (Å²) >= 11 is 0. The molecule has 1 unspecified atom stereocenters. The van der Waals surface area contributed by atoms with Crippen molar-refractivity contribution in [1.82, 2.24) is 15.5 Å². The van der Waals surface area contributed by atoms with Gasteiger partial charge in [0, 0.05) is 20.1 Å². The molecule has 2 rings (SSSR count). The minimum absolute atomic E-state index is 0.279. The highest BCUT2D eigenvalue weighted by atomic mass is 16.3. The molecule has 1 aliphatic rings. The molecule has 0 saturated carbocycles. The molecule has 0 spiro atoms. The average Bonchev–Trinajstić information content (AvgIpc) is 3.19. The van der Waals surface area contributed by atoms with E-state index in [0.717, 1.165) is 44.3 Å². The summed E-state index contributed by atoms with van der Waals surface area (Å²) in [6, 6.07) is 4.31. The Kier molecular flexibility index (Phi) is 6.77. The summed E-state index contributed by atoms with van der Waals surface area (Å²) in [4.78, 5) is 6.80. The third-order valence-corrected chi connectivity index (χ3v) is 4.15. The van der Waals surface area contributed by atoms with Gasteiger partial charge in [-0.2, -0.15) is 0 Å². The summed E-state index contributed by atoms with van der Waals surface area (Å²) < 4.78 is 5.64. The number of nitrogens with zero attached hydrogens (tertiary/aromatic N) is 2. The van der Waals surface area contributed by atoms with Crippen LogP contribution in [0.4, 0.5) is 0 Å². The average molecular weight is 306 g/mol. The van der Waals surface area contributed by atoms with E-state index in [1.807, 2.05) is 13.1 Å². The zero-order chi connectivity index (χ0) is 15.8. The van der Waals surface area contributed by atoms with E-state index in [2.05, 4.69) is 40.4 Å². The highest BCUT2D eigenvalue weighted by Crippen LogP contribution is 2.24. The summed E-state index contributed by atoms with van der Waals surface area (Å²) in [5.74, 6) is 2.61. The van der Waals surface area contributed by atoms with Crippen LogP contribution in [0.1, 0.15) is 44.9 Å². The molecule has 124 valence electrons. The number of likely N-dealkylation sites (tertiary alicyclic amines) is 1. The largest absolute Gasteiger partial charge is 0.468 e. The monoisotopic (exact) mass is 306 g/mol. The summed E-state index contributed by atoms with van der Waals surface area (Å²) in [7, 11) is 1.82. The van der Waals surface area contributed by atoms with E-state index in [-0.39, 0.29) is 6.04 Å². The number of guanidine groups is 1. The van der Waals surface area contributed by atoms with Crippen LogP contribution in [-0.4, -0.2) is 44.1 Å². The molecule has 0 aliphatic carbocycles. The molecule has 5 heteroatoms. The molecule has 0 aromatic carbocycles. The maximum absolute atomic E-state index is 5.64. The molecule has 0 bridgehead atoms. The fourth-order valence-corrected chi connectivity index (χ4v) is 2.84. The number of furan rings is 1. The molecule has 2 heterocycles. The minimum atomic E-state index is 0.279. The van der Waals surface area contributed by atoms with Gasteiger partial charge in [0.2, 0.25) is 0 Å². The van der Waals surface area contributed by atoms with Gasteiger partial charge in [-0.1, -0.05) is 13.8 Å². The van der Waals surface area contributed by atoms with Crippen molar-refractivity contribution in [3.8, 4) is 0 Å². The van der Waals surface area contributed by atoms with Crippen molar-refractivity contribution in [2.75, 3.05) is 33.2 Å². The molecule has 1 saturated heterocycles. The fourth-order valence-electron chi connectivity index (χ4n) is 2.84. The van der Waals surface area contributed by atoms with Crippen molar-refractivity contribution in [1.29, 1.82) is 0 Å². The Balaban J connectivity index is 1.87. The van der Waals surface area contributed by atoms with Crippen LogP contribution in [0.15, 0.2) is 27.8 Å². The van der Waals surface area contributed by atoms with E-state index in [4.69, 9.17) is 4.42 Å². The number of aliphatic imine (C=N–C) groups is 1. The Morgan fingerprint density at radius 1 is 1.32 bits per heavy atom. The summed E-state index contributed by atoms with van der Waals surface area (Å²) in [5, 5.41) is 6.83. The molecule has 22 heavy (non-hydrogen) atoms. The summed E-state index contributed by atoms with van der Waals surface area (Å²) in [6.07, 6.45) is 5.46. The number of hydrogen-bond acceptors (Lipinski definition) is 3. The van der Waals surface area contributed by atoms with Crippen LogP contribution in [0.25, 0.3) is 0 Å². The molecule has 1 aromatic heterocycles. The molecular formula is C17H30N4O. The second-order valence-corrected chi connectivity index (χ2v) is 6.34. The van der Waals surface area contributed by atoms with Gasteiger partial charge in [-0.05, 0) is 50.4 Å². The van der Waals surface area contributed by atoms with Crippen LogP contribution in [0.2, 0.25) is 0 Å². The van der Waals surface area contributed by atoms with E-state index in [9.17, 15) is 0 Å². The van der Waals surface area contributed by atoms with E-state index in [0.29, 0.717) is 5.92 Å². The molecule has 0 radical (unpaired) electrons. The SMILES string of the molecule is CN=C(NCCC(C)C)NCC(c1ccco1)N1CCCC1. The maximum Gasteiger partial charge on any atom is 0.191 e. The van der Waals surface area contributed by atoms with Gasteiger partial charge in [-0.15, -0.1) is 0 Å². The Morgan fingerprint density at radius 3 is 2.68 bits per heavy atom. The van der Waals surface area contributed by atoms with E-state index >= 15 is 0 Å². The van der Waals surface area contributed by atoms with E-state index in [1.54, 1.807) is 6.26 Å². The molecule has 0 amide bonds. The summed E-state index contributed by atoms with van der Waals surface area (Å²) in [5.41, 5.74) is 0. The predicted octanol–water partition coefficient (Wildman–Crippen LogP) is 2.63. The molecule has 5 nitrogen and oxygen atoms in total. The standard InChI is InChI=1S/C17H30N4O/c1-14(2)8-9-19-17(18-3)20-13-15(16-7-6-12-22-16)21-10-4-5-11-21/h6-7,12,14-15H,4-5,8-11,13H2,1-3H3,(H2,18,19,20). The molecule has 1 fully saturated rings. The van der Waals surface area contributed by atoms with Crippen LogP contribution < -0.4 is 10.6 Å². The van der Waals surface area contributed by atoms with Crippen molar-refractivity contribution < 1.29 is 4.42 Å². The smallest absolute Gasteiger partial charge is 0.191 e. The van der Waals surface area contributed by atoms with Crippen molar-refractivity contribution in [2.45, 2.75) is 39.2 Å². The first-order valence-electron chi connectivity index (χ1n) is 8.42. The first-order valence-corrected chi connectivity index (χ1v) is 8.42. The molecular weight excluding hydrogens is 276 g/mol. The van der Waals surface area contributed by atoms with Crippen LogP contribution >= 0.6 is 0 Å². The molecule has 2 N–H and O–H groups in total. The first-order chi connectivity index (χ1) is 10.7. The Morgan fingerprint density at radius 2 is 2.09 bits per heavy atom. The first kappa shape index (κ1) is 16.9. The fraction of sp³-hybridized carbons (Fsp3) is 0.706. The second-order valence-electron chi connectivity index (χ2n) is 6.34. The quantitative estimate of drug-likeness (QED) is 0.600. The third kappa shape index (κ3) is 5.05. The van der Waals surface area contributed by atoms with Gasteiger partial charge in [0.15, 0.2) is 5.96 Å². The van der Waals surface area contributed by atoms with Gasteiger partial charge >= 0.3 is 0 Å². The van der Waals surface area contributed by atoms with Gasteiger partial charge in [0.05, 0.1) is 12.3 Å². The van der Waals surface area contributed by atoms with Gasteiger partial charge in [-0.3, -0.25) is 9.89 Å². The lowest BCUT2D eigenvalue weighted by Crippen LogP contribution is -2.43. The maximum atomic E-state index is 5.64. The van der Waals surface area contributed by atoms with Crippen LogP contribution in [0, 0.1) is 5.92 Å². The second kappa shape index (κ2) is 8.83. The van der Waals surface area contributed by atoms with Gasteiger partial charge in [-0.25, -0.2) is 0 Å². The van der Waals surface area contributed by atoms with Crippen LogP contribution in [-0.2, 0) is 0 Å². The van der Waals surface area contributed by atoms with Crippen LogP contribution in [0.3, 0.4) is 0 Å². The predicted molar refractivity (Wildman–Crippen MR) is 91.1 cm³/mol. The Hall–Kier alpha value is -1.49. The van der Waals surface area contributed by atoms with Crippen molar-refractivity contribution in [3.63, 3.8) is 0 Å². The minimum Gasteiger partial charge on any atom is -0.468 e. The molecule has 1 aromatic rings. The molecule has 1 atom stereocenters. The number of hydrogen-bond donors (Lipinski definition) is 2. The Labute approximate surface area is 134 Å². The lowest BCUT2D eigenvalue weighted by Gasteiger charge is -2.26. The topological polar surface area (TPSA) is 52.8 Å². The highest BCUT2D eigenvalue weighted by molar-refractivity contribution is 5.79. The Bertz CT molecular complexity index is 436. The highest BCUT2D eigenvalue weighted by Gasteiger charge is 2.25. The van der Waals surface area contributed by atoms with Crippen molar-refractivity contribution in [3.05, 3.63) is 24.2 Å².